The maximum absolute atomic E-state index is 13.6. The van der Waals surface area contributed by atoms with E-state index in [2.05, 4.69) is 10.6 Å². The van der Waals surface area contributed by atoms with E-state index in [0.29, 0.717) is 22.1 Å². The van der Waals surface area contributed by atoms with Gasteiger partial charge in [0.15, 0.2) is 5.11 Å². The van der Waals surface area contributed by atoms with Crippen LogP contribution in [-0.2, 0) is 9.53 Å². The molecular weight excluding hydrogens is 415 g/mol. The molecule has 6 nitrogen and oxygen atoms in total. The van der Waals surface area contributed by atoms with Crippen LogP contribution in [0, 0.1) is 5.82 Å². The van der Waals surface area contributed by atoms with E-state index in [-0.39, 0.29) is 12.4 Å². The Morgan fingerprint density at radius 3 is 2.58 bits per heavy atom. The van der Waals surface area contributed by atoms with Gasteiger partial charge in [-0.05, 0) is 62.5 Å². The van der Waals surface area contributed by atoms with Gasteiger partial charge >= 0.3 is 5.97 Å². The Bertz CT molecular complexity index is 1160. The largest absolute Gasteiger partial charge is 0.463 e. The van der Waals surface area contributed by atoms with E-state index in [1.54, 1.807) is 30.7 Å². The SMILES string of the molecule is CCOC(=O)C1=C(C)NC(=S)N[C@@H]1c1cn(-c2ccccc2)nc1-c1ccc(F)cc1. The minimum Gasteiger partial charge on any atom is -0.463 e. The molecule has 4 rings (SSSR count). The second-order valence-electron chi connectivity index (χ2n) is 7.01. The van der Waals surface area contributed by atoms with Gasteiger partial charge in [0, 0.05) is 23.0 Å². The van der Waals surface area contributed by atoms with Crippen LogP contribution >= 0.6 is 12.2 Å². The minimum atomic E-state index is -0.578. The molecule has 0 saturated carbocycles. The van der Waals surface area contributed by atoms with Crippen molar-refractivity contribution in [3.63, 3.8) is 0 Å². The van der Waals surface area contributed by atoms with Gasteiger partial charge < -0.3 is 15.4 Å². The highest BCUT2D eigenvalue weighted by atomic mass is 32.1. The third-order valence-corrected chi connectivity index (χ3v) is 5.18. The number of aromatic nitrogens is 2. The molecule has 31 heavy (non-hydrogen) atoms. The number of hydrogen-bond acceptors (Lipinski definition) is 4. The zero-order valence-electron chi connectivity index (χ0n) is 17.1. The first-order chi connectivity index (χ1) is 15.0. The predicted molar refractivity (Wildman–Crippen MR) is 120 cm³/mol. The van der Waals surface area contributed by atoms with E-state index in [1.807, 2.05) is 36.5 Å². The molecular formula is C23H21FN4O2S. The van der Waals surface area contributed by atoms with E-state index in [9.17, 15) is 9.18 Å². The van der Waals surface area contributed by atoms with Crippen molar-refractivity contribution in [1.29, 1.82) is 0 Å². The van der Waals surface area contributed by atoms with Gasteiger partial charge in [-0.3, -0.25) is 0 Å². The summed E-state index contributed by atoms with van der Waals surface area (Å²) in [6.45, 7) is 3.79. The topological polar surface area (TPSA) is 68.2 Å². The molecule has 158 valence electrons. The lowest BCUT2D eigenvalue weighted by molar-refractivity contribution is -0.139. The van der Waals surface area contributed by atoms with Gasteiger partial charge in [-0.25, -0.2) is 13.9 Å². The van der Waals surface area contributed by atoms with Gasteiger partial charge in [0.1, 0.15) is 5.82 Å². The summed E-state index contributed by atoms with van der Waals surface area (Å²) < 4.78 is 20.6. The summed E-state index contributed by atoms with van der Waals surface area (Å²) in [6.07, 6.45) is 1.85. The van der Waals surface area contributed by atoms with Gasteiger partial charge in [-0.2, -0.15) is 5.10 Å². The molecule has 0 fully saturated rings. The zero-order valence-corrected chi connectivity index (χ0v) is 17.9. The molecule has 2 aromatic carbocycles. The van der Waals surface area contributed by atoms with E-state index in [4.69, 9.17) is 22.1 Å². The quantitative estimate of drug-likeness (QED) is 0.465. The van der Waals surface area contributed by atoms with Gasteiger partial charge in [-0.1, -0.05) is 18.2 Å². The zero-order chi connectivity index (χ0) is 22.0. The van der Waals surface area contributed by atoms with E-state index < -0.39 is 12.0 Å². The number of rotatable bonds is 5. The Morgan fingerprint density at radius 1 is 1.19 bits per heavy atom. The van der Waals surface area contributed by atoms with Gasteiger partial charge in [0.05, 0.1) is 29.6 Å². The highest BCUT2D eigenvalue weighted by Gasteiger charge is 2.34. The number of carbonyl (C=O) groups excluding carboxylic acids is 1. The molecule has 0 aliphatic carbocycles. The molecule has 0 spiro atoms. The van der Waals surface area contributed by atoms with Gasteiger partial charge in [0.25, 0.3) is 0 Å². The summed E-state index contributed by atoms with van der Waals surface area (Å²) in [5, 5.41) is 11.3. The standard InChI is InChI=1S/C23H21FN4O2S/c1-3-30-22(29)19-14(2)25-23(31)26-21(19)18-13-28(17-7-5-4-6-8-17)27-20(18)15-9-11-16(24)12-10-15/h4-13,21H,3H2,1-2H3,(H2,25,26,31)/t21-/m1/s1. The molecule has 3 aromatic rings. The number of ether oxygens (including phenoxy) is 1. The normalized spacial score (nSPS) is 16.0. The lowest BCUT2D eigenvalue weighted by Crippen LogP contribution is -2.45. The number of para-hydroxylation sites is 1. The second-order valence-corrected chi connectivity index (χ2v) is 7.42. The molecule has 0 bridgehead atoms. The van der Waals surface area contributed by atoms with Crippen LogP contribution in [0.2, 0.25) is 0 Å². The lowest BCUT2D eigenvalue weighted by atomic mass is 9.94. The highest BCUT2D eigenvalue weighted by Crippen LogP contribution is 2.35. The van der Waals surface area contributed by atoms with Crippen LogP contribution in [0.15, 0.2) is 72.1 Å². The van der Waals surface area contributed by atoms with Crippen LogP contribution in [0.4, 0.5) is 4.39 Å². The van der Waals surface area contributed by atoms with Crippen LogP contribution < -0.4 is 10.6 Å². The van der Waals surface area contributed by atoms with Crippen molar-refractivity contribution in [3.8, 4) is 16.9 Å². The number of carbonyl (C=O) groups is 1. The van der Waals surface area contributed by atoms with Crippen molar-refractivity contribution < 1.29 is 13.9 Å². The molecule has 0 radical (unpaired) electrons. The number of benzene rings is 2. The van der Waals surface area contributed by atoms with E-state index >= 15 is 0 Å². The number of halogens is 1. The van der Waals surface area contributed by atoms with Crippen molar-refractivity contribution in [1.82, 2.24) is 20.4 Å². The molecule has 1 aromatic heterocycles. The summed E-state index contributed by atoms with van der Waals surface area (Å²) in [7, 11) is 0. The second kappa shape index (κ2) is 8.69. The predicted octanol–water partition coefficient (Wildman–Crippen LogP) is 4.03. The maximum atomic E-state index is 13.6. The number of allylic oxidation sites excluding steroid dienone is 1. The Balaban J connectivity index is 1.90. The number of nitrogens with one attached hydrogen (secondary N) is 2. The molecule has 0 saturated heterocycles. The first kappa shape index (κ1) is 20.7. The average Bonchev–Trinajstić information content (AvgIpc) is 3.20. The van der Waals surface area contributed by atoms with Crippen molar-refractivity contribution in [2.45, 2.75) is 19.9 Å². The van der Waals surface area contributed by atoms with E-state index in [0.717, 1.165) is 16.8 Å². The molecule has 0 unspecified atom stereocenters. The number of hydrogen-bond donors (Lipinski definition) is 2. The Hall–Kier alpha value is -3.52. The third kappa shape index (κ3) is 4.20. The Morgan fingerprint density at radius 2 is 1.90 bits per heavy atom. The van der Waals surface area contributed by atoms with Crippen LogP contribution in [0.3, 0.4) is 0 Å². The maximum Gasteiger partial charge on any atom is 0.338 e. The lowest BCUT2D eigenvalue weighted by Gasteiger charge is -2.29. The first-order valence-electron chi connectivity index (χ1n) is 9.84. The highest BCUT2D eigenvalue weighted by molar-refractivity contribution is 7.80. The average molecular weight is 437 g/mol. The Labute approximate surface area is 184 Å². The molecule has 1 aliphatic heterocycles. The van der Waals surface area contributed by atoms with Crippen molar-refractivity contribution in [2.24, 2.45) is 0 Å². The molecule has 2 N–H and O–H groups in total. The fraction of sp³-hybridized carbons (Fsp3) is 0.174. The van der Waals surface area contributed by atoms with Crippen molar-refractivity contribution >= 4 is 23.3 Å². The Kier molecular flexibility index (Phi) is 5.81. The summed E-state index contributed by atoms with van der Waals surface area (Å²) in [5.41, 5.74) is 3.95. The fourth-order valence-electron chi connectivity index (χ4n) is 3.55. The van der Waals surface area contributed by atoms with Gasteiger partial charge in [0.2, 0.25) is 0 Å². The summed E-state index contributed by atoms with van der Waals surface area (Å²) in [5.74, 6) is -0.776. The summed E-state index contributed by atoms with van der Waals surface area (Å²) in [6, 6.07) is 15.1. The molecule has 1 atom stereocenters. The number of thiocarbonyl (C=S) groups is 1. The molecule has 8 heteroatoms. The number of esters is 1. The number of nitrogens with zero attached hydrogens (tertiary/aromatic N) is 2. The first-order valence-corrected chi connectivity index (χ1v) is 10.2. The molecule has 1 aliphatic rings. The van der Waals surface area contributed by atoms with E-state index in [1.165, 1.54) is 12.1 Å². The molecule has 0 amide bonds. The van der Waals surface area contributed by atoms with Crippen LogP contribution in [0.1, 0.15) is 25.5 Å². The van der Waals surface area contributed by atoms with Crippen molar-refractivity contribution in [3.05, 3.63) is 83.4 Å². The third-order valence-electron chi connectivity index (χ3n) is 4.96. The molecule has 2 heterocycles. The summed E-state index contributed by atoms with van der Waals surface area (Å²) in [4.78, 5) is 12.8. The van der Waals surface area contributed by atoms with Crippen molar-refractivity contribution in [2.75, 3.05) is 6.61 Å². The van der Waals surface area contributed by atoms with Crippen LogP contribution in [0.5, 0.6) is 0 Å². The van der Waals surface area contributed by atoms with Crippen LogP contribution in [0.25, 0.3) is 16.9 Å². The van der Waals surface area contributed by atoms with Gasteiger partial charge in [-0.15, -0.1) is 0 Å². The fourth-order valence-corrected chi connectivity index (χ4v) is 3.82. The summed E-state index contributed by atoms with van der Waals surface area (Å²) >= 11 is 5.36. The van der Waals surface area contributed by atoms with Crippen LogP contribution in [-0.4, -0.2) is 27.5 Å². The minimum absolute atomic E-state index is 0.251. The monoisotopic (exact) mass is 436 g/mol. The smallest absolute Gasteiger partial charge is 0.338 e.